The first-order chi connectivity index (χ1) is 10.2. The third-order valence-electron chi connectivity index (χ3n) is 2.38. The van der Waals surface area contributed by atoms with E-state index >= 15 is 0 Å². The molecular weight excluding hydrogens is 334 g/mol. The van der Waals surface area contributed by atoms with Gasteiger partial charge >= 0.3 is 39.9 Å². The molecule has 22 heavy (non-hydrogen) atoms. The molecule has 0 radical (unpaired) electrons. The molecule has 0 spiro atoms. The van der Waals surface area contributed by atoms with Crippen LogP contribution in [0.4, 0.5) is 0 Å². The molecule has 1 unspecified atom stereocenters. The number of allylic oxidation sites excluding steroid dienone is 3. The third-order valence-corrected chi connectivity index (χ3v) is 2.38. The number of nitriles is 1. The van der Waals surface area contributed by atoms with Crippen molar-refractivity contribution in [3.8, 4) is 6.07 Å². The molecular formula is C14H13FeNO6. The molecule has 118 valence electrons. The summed E-state index contributed by atoms with van der Waals surface area (Å²) in [5, 5.41) is 9.07. The van der Waals surface area contributed by atoms with Crippen LogP contribution < -0.4 is 0 Å². The number of carbonyl (C=O) groups is 1. The predicted molar refractivity (Wildman–Crippen MR) is 65.3 cm³/mol. The number of rotatable bonds is 3. The quantitative estimate of drug-likeness (QED) is 0.332. The molecule has 0 heterocycles. The van der Waals surface area contributed by atoms with Crippen LogP contribution in [0.1, 0.15) is 12.8 Å². The molecule has 0 N–H and O–H groups in total. The maximum atomic E-state index is 11.1. The molecule has 1 rings (SSSR count). The van der Waals surface area contributed by atoms with Gasteiger partial charge in [0.1, 0.15) is 5.76 Å². The van der Waals surface area contributed by atoms with Gasteiger partial charge in [-0.15, -0.1) is 0 Å². The molecule has 1 atom stereocenters. The van der Waals surface area contributed by atoms with Crippen LogP contribution >= 0.6 is 0 Å². The van der Waals surface area contributed by atoms with E-state index in [-0.39, 0.29) is 29.5 Å². The van der Waals surface area contributed by atoms with Gasteiger partial charge in [0.15, 0.2) is 0 Å². The van der Waals surface area contributed by atoms with E-state index in [4.69, 9.17) is 24.0 Å². The largest absolute Gasteiger partial charge is 0 e. The van der Waals surface area contributed by atoms with Crippen molar-refractivity contribution in [1.29, 1.82) is 5.26 Å². The minimum absolute atomic E-state index is 0. The van der Waals surface area contributed by atoms with Crippen molar-refractivity contribution in [2.75, 3.05) is 14.2 Å². The monoisotopic (exact) mass is 347 g/mol. The molecule has 0 saturated carbocycles. The second-order valence-corrected chi connectivity index (χ2v) is 3.37. The Morgan fingerprint density at radius 1 is 1.32 bits per heavy atom. The van der Waals surface area contributed by atoms with Gasteiger partial charge < -0.3 is 9.47 Å². The van der Waals surface area contributed by atoms with Crippen LogP contribution in [0.2, 0.25) is 0 Å². The Morgan fingerprint density at radius 2 is 1.82 bits per heavy atom. The van der Waals surface area contributed by atoms with Gasteiger partial charge in [-0.1, -0.05) is 6.08 Å². The van der Waals surface area contributed by atoms with E-state index in [1.165, 1.54) is 7.11 Å². The van der Waals surface area contributed by atoms with Gasteiger partial charge in [-0.05, 0) is 18.6 Å². The van der Waals surface area contributed by atoms with Gasteiger partial charge in [0.2, 0.25) is 0 Å². The summed E-state index contributed by atoms with van der Waals surface area (Å²) in [5.74, 6) is 0.334. The third kappa shape index (κ3) is 10.7. The number of nitrogens with zero attached hydrogens (tertiary/aromatic N) is 1. The predicted octanol–water partition coefficient (Wildman–Crippen LogP) is 1.43. The number of methoxy groups -OCH3 is 2. The summed E-state index contributed by atoms with van der Waals surface area (Å²) in [4.78, 5) is 11.1. The van der Waals surface area contributed by atoms with Crippen molar-refractivity contribution in [1.82, 2.24) is 0 Å². The van der Waals surface area contributed by atoms with Crippen molar-refractivity contribution in [2.24, 2.45) is 5.41 Å². The summed E-state index contributed by atoms with van der Waals surface area (Å²) in [6.07, 6.45) is 5.74. The SMILES string of the molecule is COC(=O)CC1(C#N)C=CC(OC)=CC1.[C-]#[O+].[C-]#[O+].[C-]#[O+].[Fe]. The topological polar surface area (TPSA) is 119 Å². The Bertz CT molecular complexity index is 458. The van der Waals surface area contributed by atoms with E-state index in [1.54, 1.807) is 25.3 Å². The van der Waals surface area contributed by atoms with Crippen molar-refractivity contribution in [3.63, 3.8) is 0 Å². The standard InChI is InChI=1S/C11H13NO3.3CO.Fe/c1-14-9-3-5-11(8-12,6-4-9)7-10(13)15-2;3*1-2;/h3-5H,6-7H2,1-2H3;;;;. The minimum atomic E-state index is -0.783. The number of hydrogen-bond donors (Lipinski definition) is 0. The van der Waals surface area contributed by atoms with Crippen molar-refractivity contribution >= 4 is 5.97 Å². The number of carbonyl (C=O) groups excluding carboxylic acids is 1. The van der Waals surface area contributed by atoms with Crippen LogP contribution in [0.3, 0.4) is 0 Å². The first-order valence-electron chi connectivity index (χ1n) is 5.18. The van der Waals surface area contributed by atoms with Gasteiger partial charge in [-0.2, -0.15) is 5.26 Å². The fourth-order valence-corrected chi connectivity index (χ4v) is 1.40. The maximum Gasteiger partial charge on any atom is 0 e. The zero-order valence-electron chi connectivity index (χ0n) is 11.9. The first-order valence-corrected chi connectivity index (χ1v) is 5.18. The average molecular weight is 347 g/mol. The van der Waals surface area contributed by atoms with E-state index in [0.29, 0.717) is 12.2 Å². The van der Waals surface area contributed by atoms with Crippen LogP contribution in [0, 0.1) is 36.7 Å². The first kappa shape index (κ1) is 28.2. The van der Waals surface area contributed by atoms with Gasteiger partial charge in [-0.3, -0.25) is 4.79 Å². The van der Waals surface area contributed by atoms with Crippen molar-refractivity contribution in [2.45, 2.75) is 12.8 Å². The summed E-state index contributed by atoms with van der Waals surface area (Å²) in [6, 6.07) is 2.14. The summed E-state index contributed by atoms with van der Waals surface area (Å²) < 4.78 is 32.1. The fourth-order valence-electron chi connectivity index (χ4n) is 1.40. The summed E-state index contributed by atoms with van der Waals surface area (Å²) in [5.41, 5.74) is -0.783. The molecule has 0 saturated heterocycles. The summed E-state index contributed by atoms with van der Waals surface area (Å²) >= 11 is 0. The zero-order valence-corrected chi connectivity index (χ0v) is 13.0. The molecule has 8 heteroatoms. The zero-order chi connectivity index (χ0) is 17.3. The molecule has 0 aromatic rings. The molecule has 0 aliphatic heterocycles. The Kier molecular flexibility index (Phi) is 24.3. The smallest absolute Gasteiger partial charge is 0 e. The van der Waals surface area contributed by atoms with Gasteiger partial charge in [0, 0.05) is 17.1 Å². The molecule has 1 aliphatic rings. The number of esters is 1. The summed E-state index contributed by atoms with van der Waals surface area (Å²) in [6.45, 7) is 13.5. The second-order valence-electron chi connectivity index (χ2n) is 3.37. The average Bonchev–Trinajstić information content (AvgIpc) is 2.60. The van der Waals surface area contributed by atoms with Crippen LogP contribution in [0.5, 0.6) is 0 Å². The Morgan fingerprint density at radius 3 is 2.09 bits per heavy atom. The molecule has 0 aromatic carbocycles. The van der Waals surface area contributed by atoms with Crippen molar-refractivity contribution in [3.05, 3.63) is 43.9 Å². The van der Waals surface area contributed by atoms with Gasteiger partial charge in [0.05, 0.1) is 32.1 Å². The minimum Gasteiger partial charge on any atom is 0 e. The molecule has 7 nitrogen and oxygen atoms in total. The summed E-state index contributed by atoms with van der Waals surface area (Å²) in [7, 11) is 2.88. The van der Waals surface area contributed by atoms with E-state index in [9.17, 15) is 4.79 Å². The Labute approximate surface area is 139 Å². The fraction of sp³-hybridized carbons (Fsp3) is 0.357. The van der Waals surface area contributed by atoms with E-state index < -0.39 is 5.41 Å². The maximum absolute atomic E-state index is 11.1. The van der Waals surface area contributed by atoms with E-state index in [0.717, 1.165) is 0 Å². The number of hydrogen-bond acceptors (Lipinski definition) is 4. The van der Waals surface area contributed by atoms with Crippen LogP contribution in [-0.2, 0) is 45.3 Å². The van der Waals surface area contributed by atoms with Gasteiger partial charge in [0.25, 0.3) is 0 Å². The van der Waals surface area contributed by atoms with Crippen LogP contribution in [0.25, 0.3) is 0 Å². The second kappa shape index (κ2) is 19.0. The molecule has 0 aromatic heterocycles. The molecule has 0 fully saturated rings. The van der Waals surface area contributed by atoms with Crippen LogP contribution in [0.15, 0.2) is 24.0 Å². The Hall–Kier alpha value is -2.02. The number of ether oxygens (including phenoxy) is 2. The van der Waals surface area contributed by atoms with Crippen LogP contribution in [-0.4, -0.2) is 20.2 Å². The van der Waals surface area contributed by atoms with Gasteiger partial charge in [-0.25, -0.2) is 0 Å². The van der Waals surface area contributed by atoms with E-state index in [1.807, 2.05) is 0 Å². The molecule has 0 bridgehead atoms. The van der Waals surface area contributed by atoms with Crippen molar-refractivity contribution < 1.29 is 45.3 Å². The normalized spacial score (nSPS) is 16.6. The Balaban J connectivity index is -0.000000206. The molecule has 1 aliphatic carbocycles. The van der Waals surface area contributed by atoms with E-state index in [2.05, 4.69) is 30.8 Å². The molecule has 0 amide bonds.